The Hall–Kier alpha value is -13.3. The Morgan fingerprint density at radius 2 is 0.824 bits per heavy atom. The van der Waals surface area contributed by atoms with Crippen molar-refractivity contribution in [2.24, 2.45) is 0 Å². The molecule has 17 aromatic rings. The molecule has 108 heavy (non-hydrogen) atoms. The maximum absolute atomic E-state index is 12.4. The minimum atomic E-state index is -0.397. The molecule has 4 heterocycles. The molecule has 0 fully saturated rings. The van der Waals surface area contributed by atoms with E-state index in [1.54, 1.807) is 24.3 Å². The molecule has 1 aliphatic rings. The van der Waals surface area contributed by atoms with Crippen LogP contribution in [-0.4, -0.2) is 13.7 Å². The SMILES string of the molecule is C.C.N#Cc1cc(F)cc(Br)c1.[C-]#[N+]c1cc(Br)cc(-n2c3ccc(C#N)cc3c3cc([N+]#[C-])ccc32)c1.[C-]#[N+]c1ccc2c(c1)-c1cc(C#N)ccc1C2.[C-]#[N+]c1ccc2c(c1)c1cc([N+]#[C-])ccc1n2-c1cc(C#N)cc(-c2cccc(-n3c4ccccc4c4c5oc6ccccc6c5ccc43)c2)c1.[W].[W]. The molecule has 18 heteroatoms. The summed E-state index contributed by atoms with van der Waals surface area (Å²) in [5, 5.41) is 44.7. The maximum Gasteiger partial charge on any atom is 0.190 e. The average molecular weight is 1860 g/mol. The van der Waals surface area contributed by atoms with Gasteiger partial charge in [-0.2, -0.15) is 21.0 Å². The van der Waals surface area contributed by atoms with Crippen LogP contribution in [-0.2, 0) is 48.6 Å². The largest absolute Gasteiger partial charge is 0.455 e. The van der Waals surface area contributed by atoms with Crippen molar-refractivity contribution in [3.63, 3.8) is 0 Å². The standard InChI is InChI=1S/C45H23N5O.C21H9BrN4.C15H8N2.C7H3BrFN.2CH4.2W/c1-47-30-14-17-40-37(24-30)38-25-31(48-2)15-18-41(38)50(40)33-21-27(26-46)20-29(23-33)28-8-7-9-32(22-28)49-39-12-5-3-11-36(39)44-42(49)19-16-35-34-10-4-6-13-43(34)51-45(35)44;1-24-15-4-6-21-19(11-15)18-7-13(12-23)3-5-20(18)26(21)17-9-14(22)8-16(10-17)25-2;1-17-13-5-4-12-7-11-3-2-10(9-16)6-14(11)15(12)8-13;8-6-1-5(4-10)2-7(9)3-6;;;;/h3-25H;3-11H;2-6,8H,7H2;1-3H;2*1H4;;. The smallest absolute Gasteiger partial charge is 0.190 e. The predicted octanol–water partition coefficient (Wildman–Crippen LogP) is 26.3. The van der Waals surface area contributed by atoms with Gasteiger partial charge in [-0.25, -0.2) is 28.6 Å². The Balaban J connectivity index is 0.000000169. The van der Waals surface area contributed by atoms with Gasteiger partial charge in [0.25, 0.3) is 0 Å². The van der Waals surface area contributed by atoms with Crippen LogP contribution in [0.3, 0.4) is 0 Å². The second kappa shape index (κ2) is 32.0. The molecule has 0 saturated heterocycles. The molecule has 0 N–H and O–H groups in total. The van der Waals surface area contributed by atoms with E-state index in [1.165, 1.54) is 23.3 Å². The minimum absolute atomic E-state index is 0. The van der Waals surface area contributed by atoms with Crippen molar-refractivity contribution in [3.8, 4) is 63.6 Å². The van der Waals surface area contributed by atoms with E-state index >= 15 is 0 Å². The molecule has 1 aliphatic carbocycles. The molecule has 18 rings (SSSR count). The predicted molar refractivity (Wildman–Crippen MR) is 429 cm³/mol. The van der Waals surface area contributed by atoms with Crippen molar-refractivity contribution >= 4 is 148 Å². The molecule has 0 unspecified atom stereocenters. The van der Waals surface area contributed by atoms with E-state index in [4.69, 9.17) is 47.8 Å². The van der Waals surface area contributed by atoms with E-state index in [2.05, 4.69) is 161 Å². The van der Waals surface area contributed by atoms with Gasteiger partial charge in [0.15, 0.2) is 28.4 Å². The summed E-state index contributed by atoms with van der Waals surface area (Å²) in [6, 6.07) is 87.3. The maximum atomic E-state index is 12.4. The van der Waals surface area contributed by atoms with Crippen molar-refractivity contribution in [3.05, 3.63) is 354 Å². The van der Waals surface area contributed by atoms with E-state index in [1.807, 2.05) is 146 Å². The molecule has 13 nitrogen and oxygen atoms in total. The van der Waals surface area contributed by atoms with Crippen LogP contribution in [0.15, 0.2) is 262 Å². The zero-order valence-electron chi connectivity index (χ0n) is 55.1. The summed E-state index contributed by atoms with van der Waals surface area (Å²) in [4.78, 5) is 17.8. The zero-order chi connectivity index (χ0) is 71.9. The molecule has 0 saturated carbocycles. The van der Waals surface area contributed by atoms with Crippen LogP contribution in [0.2, 0.25) is 0 Å². The van der Waals surface area contributed by atoms with Gasteiger partial charge in [0.1, 0.15) is 17.0 Å². The number of benzene rings is 13. The van der Waals surface area contributed by atoms with E-state index < -0.39 is 5.82 Å². The molecule has 13 aromatic carbocycles. The molecule has 0 aliphatic heterocycles. The van der Waals surface area contributed by atoms with Crippen LogP contribution in [0.5, 0.6) is 0 Å². The number of fused-ring (bicyclic) bond motifs is 16. The van der Waals surface area contributed by atoms with Crippen molar-refractivity contribution in [1.82, 2.24) is 13.7 Å². The Morgan fingerprint density at radius 1 is 0.352 bits per heavy atom. The van der Waals surface area contributed by atoms with Gasteiger partial charge in [0.05, 0.1) is 118 Å². The summed E-state index contributed by atoms with van der Waals surface area (Å²) < 4.78 is 26.8. The van der Waals surface area contributed by atoms with Gasteiger partial charge in [-0.05, 0) is 220 Å². The second-order valence-corrected chi connectivity index (χ2v) is 26.2. The number of nitrogens with zero attached hydrogens (tertiary/aromatic N) is 12. The van der Waals surface area contributed by atoms with Gasteiger partial charge in [0, 0.05) is 89.7 Å². The first-order valence-corrected chi connectivity index (χ1v) is 33.7. The van der Waals surface area contributed by atoms with Gasteiger partial charge in [-0.1, -0.05) is 132 Å². The summed E-state index contributed by atoms with van der Waals surface area (Å²) in [6.45, 7) is 36.8. The average Bonchev–Trinajstić information content (AvgIpc) is 1.57. The topological polar surface area (TPSA) is 145 Å². The Labute approximate surface area is 666 Å². The molecule has 510 valence electrons. The minimum Gasteiger partial charge on any atom is -0.455 e. The van der Waals surface area contributed by atoms with Crippen LogP contribution in [0.25, 0.3) is 151 Å². The van der Waals surface area contributed by atoms with Crippen LogP contribution in [0, 0.1) is 84.0 Å². The fourth-order valence-corrected chi connectivity index (χ4v) is 14.8. The number of nitriles is 4. The summed E-state index contributed by atoms with van der Waals surface area (Å²) in [5.41, 5.74) is 21.6. The first-order chi connectivity index (χ1) is 50.8. The Bertz CT molecular complexity index is 6760. The molecule has 0 radical (unpaired) electrons. The van der Waals surface area contributed by atoms with Crippen LogP contribution in [0.4, 0.5) is 32.8 Å². The quantitative estimate of drug-likeness (QED) is 0.161. The number of aromatic nitrogens is 3. The normalized spacial score (nSPS) is 10.5. The number of hydrogen-bond donors (Lipinski definition) is 0. The Morgan fingerprint density at radius 3 is 1.44 bits per heavy atom. The monoisotopic (exact) mass is 1860 g/mol. The third kappa shape index (κ3) is 14.0. The number of halogens is 3. The fourth-order valence-electron chi connectivity index (χ4n) is 13.8. The molecule has 0 bridgehead atoms. The van der Waals surface area contributed by atoms with Gasteiger partial charge >= 0.3 is 0 Å². The summed E-state index contributed by atoms with van der Waals surface area (Å²) >= 11 is 6.54. The van der Waals surface area contributed by atoms with Gasteiger partial charge in [-0.3, -0.25) is 0 Å². The molecule has 0 atom stereocenters. The molecular formula is C90H51Br2FN12OW2. The van der Waals surface area contributed by atoms with Crippen molar-refractivity contribution in [1.29, 1.82) is 21.0 Å². The molecular weight excluding hydrogens is 1810 g/mol. The van der Waals surface area contributed by atoms with Crippen molar-refractivity contribution in [2.45, 2.75) is 21.3 Å². The third-order valence-electron chi connectivity index (χ3n) is 18.3. The van der Waals surface area contributed by atoms with E-state index in [0.29, 0.717) is 55.2 Å². The van der Waals surface area contributed by atoms with Crippen LogP contribution < -0.4 is 0 Å². The number of furan rings is 1. The zero-order valence-corrected chi connectivity index (χ0v) is 64.1. The first kappa shape index (κ1) is 75.9. The van der Waals surface area contributed by atoms with E-state index in [-0.39, 0.29) is 57.0 Å². The van der Waals surface area contributed by atoms with Crippen molar-refractivity contribution in [2.75, 3.05) is 0 Å². The third-order valence-corrected chi connectivity index (χ3v) is 19.2. The fraction of sp³-hybridized carbons (Fsp3) is 0.0333. The molecule has 0 spiro atoms. The first-order valence-electron chi connectivity index (χ1n) is 32.1. The number of rotatable bonds is 4. The van der Waals surface area contributed by atoms with E-state index in [0.717, 1.165) is 138 Å². The Kier molecular flexibility index (Phi) is 22.5. The van der Waals surface area contributed by atoms with Gasteiger partial charge in [0.2, 0.25) is 0 Å². The molecule has 4 aromatic heterocycles. The summed E-state index contributed by atoms with van der Waals surface area (Å²) in [6.07, 6.45) is 0.897. The van der Waals surface area contributed by atoms with Gasteiger partial charge in [-0.15, -0.1) is 0 Å². The van der Waals surface area contributed by atoms with Crippen molar-refractivity contribution < 1.29 is 50.9 Å². The summed E-state index contributed by atoms with van der Waals surface area (Å²) in [5.74, 6) is -0.397. The molecule has 0 amide bonds. The van der Waals surface area contributed by atoms with Crippen LogP contribution >= 0.6 is 31.9 Å². The number of para-hydroxylation sites is 2. The van der Waals surface area contributed by atoms with Crippen LogP contribution in [0.1, 0.15) is 48.2 Å². The van der Waals surface area contributed by atoms with Gasteiger partial charge < -0.3 is 18.1 Å². The second-order valence-electron chi connectivity index (χ2n) is 24.3. The summed E-state index contributed by atoms with van der Waals surface area (Å²) in [7, 11) is 0. The van der Waals surface area contributed by atoms with E-state index in [9.17, 15) is 14.9 Å². The number of hydrogen-bond acceptors (Lipinski definition) is 5.